The molecule has 2 bridgehead atoms. The van der Waals surface area contributed by atoms with Crippen molar-refractivity contribution < 1.29 is 5.11 Å². The Bertz CT molecular complexity index is 387. The van der Waals surface area contributed by atoms with Gasteiger partial charge in [-0.1, -0.05) is 27.2 Å². The van der Waals surface area contributed by atoms with Gasteiger partial charge in [-0.25, -0.2) is 0 Å². The van der Waals surface area contributed by atoms with E-state index >= 15 is 0 Å². The number of piperidine rings is 1. The molecule has 0 amide bonds. The summed E-state index contributed by atoms with van der Waals surface area (Å²) in [4.78, 5) is 2.76. The molecule has 2 aliphatic carbocycles. The predicted octanol–water partition coefficient (Wildman–Crippen LogP) is 2.62. The van der Waals surface area contributed by atoms with Crippen molar-refractivity contribution in [2.24, 2.45) is 28.4 Å². The van der Waals surface area contributed by atoms with Gasteiger partial charge >= 0.3 is 0 Å². The zero-order valence-electron chi connectivity index (χ0n) is 14.2. The molecule has 0 aromatic heterocycles. The highest BCUT2D eigenvalue weighted by molar-refractivity contribution is 5.23. The van der Waals surface area contributed by atoms with Crippen LogP contribution in [0.4, 0.5) is 0 Å². The first-order valence-electron chi connectivity index (χ1n) is 9.00. The van der Waals surface area contributed by atoms with Crippen LogP contribution in [0.5, 0.6) is 0 Å². The summed E-state index contributed by atoms with van der Waals surface area (Å²) in [6.07, 6.45) is 7.90. The van der Waals surface area contributed by atoms with Gasteiger partial charge in [-0.15, -0.1) is 0 Å². The molecule has 4 atom stereocenters. The molecule has 1 aliphatic heterocycles. The van der Waals surface area contributed by atoms with Gasteiger partial charge in [-0.2, -0.15) is 0 Å². The fourth-order valence-electron chi connectivity index (χ4n) is 6.40. The molecule has 1 heterocycles. The van der Waals surface area contributed by atoms with Crippen LogP contribution >= 0.6 is 0 Å². The minimum atomic E-state index is 0.128. The molecule has 3 nitrogen and oxygen atoms in total. The maximum Gasteiger partial charge on any atom is 0.0489 e. The summed E-state index contributed by atoms with van der Waals surface area (Å²) in [5, 5.41) is 10.1. The Labute approximate surface area is 130 Å². The summed E-state index contributed by atoms with van der Waals surface area (Å²) in [7, 11) is 0. The number of aliphatic hydroxyl groups excluding tert-OH is 1. The van der Waals surface area contributed by atoms with Gasteiger partial charge in [-0.05, 0) is 68.5 Å². The highest BCUT2D eigenvalue weighted by atomic mass is 16.3. The van der Waals surface area contributed by atoms with Crippen molar-refractivity contribution >= 4 is 0 Å². The molecule has 3 rings (SSSR count). The first-order chi connectivity index (χ1) is 9.94. The SMILES string of the molecule is CC1(C)C2CCC1(C)C(C(CN)CO)(N1CCCCC1)C2. The number of nitrogens with two attached hydrogens (primary N) is 1. The van der Waals surface area contributed by atoms with Crippen molar-refractivity contribution in [2.75, 3.05) is 26.2 Å². The number of nitrogens with zero attached hydrogens (tertiary/aromatic N) is 1. The average Bonchev–Trinajstić information content (AvgIpc) is 2.81. The first kappa shape index (κ1) is 15.8. The first-order valence-corrected chi connectivity index (χ1v) is 9.00. The Morgan fingerprint density at radius 2 is 1.86 bits per heavy atom. The van der Waals surface area contributed by atoms with E-state index < -0.39 is 0 Å². The number of likely N-dealkylation sites (tertiary alicyclic amines) is 1. The van der Waals surface area contributed by atoms with Crippen molar-refractivity contribution in [1.29, 1.82) is 0 Å². The Morgan fingerprint density at radius 1 is 1.19 bits per heavy atom. The molecule has 21 heavy (non-hydrogen) atoms. The number of fused-ring (bicyclic) bond motifs is 2. The summed E-state index contributed by atoms with van der Waals surface area (Å²) < 4.78 is 0. The van der Waals surface area contributed by atoms with Gasteiger partial charge in [0.15, 0.2) is 0 Å². The van der Waals surface area contributed by atoms with Gasteiger partial charge in [0.25, 0.3) is 0 Å². The van der Waals surface area contributed by atoms with Gasteiger partial charge in [-0.3, -0.25) is 4.90 Å². The van der Waals surface area contributed by atoms with E-state index in [-0.39, 0.29) is 23.5 Å². The molecule has 0 aromatic carbocycles. The molecule has 3 fully saturated rings. The van der Waals surface area contributed by atoms with Crippen molar-refractivity contribution in [1.82, 2.24) is 4.90 Å². The Kier molecular flexibility index (Phi) is 3.91. The molecule has 0 spiro atoms. The standard InChI is InChI=1S/C18H34N2O/c1-16(2)14-7-8-17(16,3)18(11-14,15(12-19)13-21)20-9-5-4-6-10-20/h14-15,21H,4-13,19H2,1-3H3. The zero-order valence-corrected chi connectivity index (χ0v) is 14.2. The molecule has 3 N–H and O–H groups in total. The minimum Gasteiger partial charge on any atom is -0.396 e. The van der Waals surface area contributed by atoms with E-state index in [1.54, 1.807) is 0 Å². The van der Waals surface area contributed by atoms with Crippen molar-refractivity contribution in [3.05, 3.63) is 0 Å². The van der Waals surface area contributed by atoms with Crippen LogP contribution in [0.15, 0.2) is 0 Å². The van der Waals surface area contributed by atoms with E-state index in [4.69, 9.17) is 5.73 Å². The van der Waals surface area contributed by atoms with Crippen LogP contribution in [0, 0.1) is 22.7 Å². The van der Waals surface area contributed by atoms with Gasteiger partial charge in [0.2, 0.25) is 0 Å². The van der Waals surface area contributed by atoms with E-state index in [1.807, 2.05) is 0 Å². The molecule has 3 heteroatoms. The average molecular weight is 294 g/mol. The van der Waals surface area contributed by atoms with Crippen LogP contribution in [0.2, 0.25) is 0 Å². The van der Waals surface area contributed by atoms with E-state index in [2.05, 4.69) is 25.7 Å². The second kappa shape index (κ2) is 5.21. The zero-order chi connectivity index (χ0) is 15.3. The summed E-state index contributed by atoms with van der Waals surface area (Å²) >= 11 is 0. The van der Waals surface area contributed by atoms with Crippen LogP contribution in [0.1, 0.15) is 59.3 Å². The van der Waals surface area contributed by atoms with E-state index in [0.29, 0.717) is 12.0 Å². The van der Waals surface area contributed by atoms with Crippen molar-refractivity contribution in [3.63, 3.8) is 0 Å². The van der Waals surface area contributed by atoms with Crippen LogP contribution in [-0.2, 0) is 0 Å². The molecule has 122 valence electrons. The highest BCUT2D eigenvalue weighted by Crippen LogP contribution is 2.72. The smallest absolute Gasteiger partial charge is 0.0489 e. The number of aliphatic hydroxyl groups is 1. The maximum atomic E-state index is 10.1. The van der Waals surface area contributed by atoms with Crippen LogP contribution in [0.3, 0.4) is 0 Å². The number of rotatable bonds is 4. The maximum absolute atomic E-state index is 10.1. The summed E-state index contributed by atoms with van der Waals surface area (Å²) in [6.45, 7) is 10.7. The van der Waals surface area contributed by atoms with E-state index in [1.165, 1.54) is 51.6 Å². The second-order valence-corrected chi connectivity index (χ2v) is 8.58. The molecule has 0 radical (unpaired) electrons. The van der Waals surface area contributed by atoms with E-state index in [0.717, 1.165) is 5.92 Å². The fourth-order valence-corrected chi connectivity index (χ4v) is 6.40. The quantitative estimate of drug-likeness (QED) is 0.838. The van der Waals surface area contributed by atoms with Crippen molar-refractivity contribution in [3.8, 4) is 0 Å². The third-order valence-electron chi connectivity index (χ3n) is 8.05. The molecule has 3 aliphatic rings. The fraction of sp³-hybridized carbons (Fsp3) is 1.00. The minimum absolute atomic E-state index is 0.128. The van der Waals surface area contributed by atoms with Gasteiger partial charge in [0.1, 0.15) is 0 Å². The largest absolute Gasteiger partial charge is 0.396 e. The molecule has 0 aromatic rings. The predicted molar refractivity (Wildman–Crippen MR) is 87.0 cm³/mol. The third-order valence-corrected chi connectivity index (χ3v) is 8.05. The third kappa shape index (κ3) is 1.83. The Morgan fingerprint density at radius 3 is 2.29 bits per heavy atom. The molecular formula is C18H34N2O. The Hall–Kier alpha value is -0.120. The van der Waals surface area contributed by atoms with Crippen LogP contribution in [0.25, 0.3) is 0 Å². The molecule has 1 saturated heterocycles. The molecular weight excluding hydrogens is 260 g/mol. The topological polar surface area (TPSA) is 49.5 Å². The lowest BCUT2D eigenvalue weighted by Crippen LogP contribution is -2.66. The van der Waals surface area contributed by atoms with Gasteiger partial charge in [0.05, 0.1) is 0 Å². The normalized spacial score (nSPS) is 44.1. The highest BCUT2D eigenvalue weighted by Gasteiger charge is 2.71. The summed E-state index contributed by atoms with van der Waals surface area (Å²) in [5.74, 6) is 1.02. The van der Waals surface area contributed by atoms with Gasteiger partial charge in [0, 0.05) is 18.1 Å². The van der Waals surface area contributed by atoms with Crippen molar-refractivity contribution in [2.45, 2.75) is 64.8 Å². The number of hydrogen-bond donors (Lipinski definition) is 2. The van der Waals surface area contributed by atoms with Crippen LogP contribution in [-0.4, -0.2) is 41.8 Å². The lowest BCUT2D eigenvalue weighted by molar-refractivity contribution is -0.101. The van der Waals surface area contributed by atoms with E-state index in [9.17, 15) is 5.11 Å². The van der Waals surface area contributed by atoms with Crippen LogP contribution < -0.4 is 5.73 Å². The summed E-state index contributed by atoms with van der Waals surface area (Å²) in [6, 6.07) is 0. The number of hydrogen-bond acceptors (Lipinski definition) is 3. The lowest BCUT2D eigenvalue weighted by Gasteiger charge is -2.59. The summed E-state index contributed by atoms with van der Waals surface area (Å²) in [5.41, 5.74) is 6.93. The molecule has 2 saturated carbocycles. The lowest BCUT2D eigenvalue weighted by atomic mass is 9.57. The molecule has 4 unspecified atom stereocenters. The second-order valence-electron chi connectivity index (χ2n) is 8.58. The monoisotopic (exact) mass is 294 g/mol. The van der Waals surface area contributed by atoms with Gasteiger partial charge < -0.3 is 10.8 Å². The Balaban J connectivity index is 2.06.